The van der Waals surface area contributed by atoms with Gasteiger partial charge < -0.3 is 36.7 Å². The largest absolute Gasteiger partial charge is 0.480 e. The van der Waals surface area contributed by atoms with Crippen molar-refractivity contribution in [2.24, 2.45) is 5.92 Å². The van der Waals surface area contributed by atoms with Gasteiger partial charge in [0, 0.05) is 17.5 Å². The molecule has 1 fully saturated rings. The Labute approximate surface area is 144 Å². The number of carbonyl (C=O) groups is 2. The Morgan fingerprint density at radius 3 is 2.14 bits per heavy atom. The van der Waals surface area contributed by atoms with E-state index in [-0.39, 0.29) is 0 Å². The molecule has 0 aromatic rings. The van der Waals surface area contributed by atoms with Crippen LogP contribution >= 0.6 is 30.8 Å². The van der Waals surface area contributed by atoms with Gasteiger partial charge in [-0.25, -0.2) is 1.37 Å². The molecule has 0 aliphatic heterocycles. The van der Waals surface area contributed by atoms with Gasteiger partial charge in [-0.1, -0.05) is 28.5 Å². The maximum Gasteiger partial charge on any atom is 0.321 e. The van der Waals surface area contributed by atoms with Gasteiger partial charge in [-0.05, 0) is 25.8 Å². The van der Waals surface area contributed by atoms with E-state index >= 15 is 0 Å². The van der Waals surface area contributed by atoms with Crippen molar-refractivity contribution in [3.63, 3.8) is 0 Å². The van der Waals surface area contributed by atoms with Gasteiger partial charge in [-0.3, -0.25) is 9.59 Å². The van der Waals surface area contributed by atoms with Crippen molar-refractivity contribution in [3.8, 4) is 0 Å². The van der Waals surface area contributed by atoms with Crippen LogP contribution < -0.4 is 10.6 Å². The molecular weight excluding hydrogens is 343 g/mol. The number of hydrogen-bond donors (Lipinski definition) is 4. The Balaban J connectivity index is 0.00000149. The predicted octanol–water partition coefficient (Wildman–Crippen LogP) is 1.53. The van der Waals surface area contributed by atoms with E-state index in [0.717, 1.165) is 12.8 Å². The van der Waals surface area contributed by atoms with E-state index in [1.165, 1.54) is 28.2 Å². The molecule has 9 heteroatoms. The highest BCUT2D eigenvalue weighted by molar-refractivity contribution is 8.76. The maximum absolute atomic E-state index is 11.2. The van der Waals surface area contributed by atoms with Crippen LogP contribution in [0.4, 0.5) is 0 Å². The Morgan fingerprint density at radius 1 is 1.32 bits per heavy atom. The summed E-state index contributed by atoms with van der Waals surface area (Å²) >= 11 is 0. The van der Waals surface area contributed by atoms with Crippen molar-refractivity contribution in [2.45, 2.75) is 37.9 Å². The van der Waals surface area contributed by atoms with Crippen molar-refractivity contribution < 1.29 is 21.2 Å². The molecule has 5 atom stereocenters. The van der Waals surface area contributed by atoms with Crippen LogP contribution in [0.3, 0.4) is 0 Å². The van der Waals surface area contributed by atoms with E-state index in [1.807, 2.05) is 0 Å². The molecule has 0 aromatic heterocycles. The summed E-state index contributed by atoms with van der Waals surface area (Å²) in [5.41, 5.74) is 0. The highest BCUT2D eigenvalue weighted by atomic mass is 33.1. The number of nitrogens with one attached hydrogen (secondary N) is 2. The second kappa shape index (κ2) is 12.4. The lowest BCUT2D eigenvalue weighted by atomic mass is 9.81. The lowest BCUT2D eigenvalue weighted by Crippen LogP contribution is -2.51. The highest BCUT2D eigenvalue weighted by Crippen LogP contribution is 2.28. The molecule has 4 N–H and O–H groups in total. The van der Waals surface area contributed by atoms with Crippen LogP contribution in [0.2, 0.25) is 0 Å². The third kappa shape index (κ3) is 8.02. The van der Waals surface area contributed by atoms with E-state index in [4.69, 9.17) is 6.48 Å². The summed E-state index contributed by atoms with van der Waals surface area (Å²) in [5, 5.41) is 23.9. The molecule has 6 nitrogen and oxygen atoms in total. The van der Waals surface area contributed by atoms with Crippen molar-refractivity contribution in [2.75, 3.05) is 18.6 Å². The normalized spacial score (nSPS) is 23.3. The van der Waals surface area contributed by atoms with Gasteiger partial charge in [0.15, 0.2) is 0 Å². The van der Waals surface area contributed by atoms with Crippen molar-refractivity contribution in [1.29, 1.82) is 0 Å². The first kappa shape index (κ1) is 20.0. The number of hydrogen-bond acceptors (Lipinski definition) is 6. The molecule has 0 spiro atoms. The zero-order valence-electron chi connectivity index (χ0n) is 13.8. The lowest BCUT2D eigenvalue weighted by molar-refractivity contribution is -0.140. The Hall–Kier alpha value is -0.0100. The summed E-state index contributed by atoms with van der Waals surface area (Å²) in [4.78, 5) is 22.0. The molecule has 1 aliphatic rings. The first-order valence-electron chi connectivity index (χ1n) is 7.50. The van der Waals surface area contributed by atoms with E-state index in [1.54, 1.807) is 7.05 Å². The fraction of sp³-hybridized carbons (Fsp3) is 0.769. The van der Waals surface area contributed by atoms with Crippen LogP contribution in [0, 0.1) is 12.6 Å². The van der Waals surface area contributed by atoms with E-state index in [2.05, 4.69) is 26.8 Å². The number of likely N-dealkylation sites (N-methyl/N-ethyl adjacent to an activating group) is 1. The zero-order chi connectivity index (χ0) is 17.8. The molecule has 22 heavy (non-hydrogen) atoms. The maximum atomic E-state index is 11.2. The van der Waals surface area contributed by atoms with Gasteiger partial charge >= 0.3 is 11.9 Å². The second-order valence-electron chi connectivity index (χ2n) is 4.97. The fourth-order valence-corrected chi connectivity index (χ4v) is 4.28. The Morgan fingerprint density at radius 2 is 1.82 bits per heavy atom. The zero-order valence-corrected chi connectivity index (χ0v) is 15.6. The second-order valence-corrected chi connectivity index (χ2v) is 7.52. The number of rotatable bonds is 10. The summed E-state index contributed by atoms with van der Waals surface area (Å²) in [7, 11) is 6.50. The number of aliphatic carboxylic acids is 2. The molecular formula is C13H26N2O4PS2-. The van der Waals surface area contributed by atoms with Gasteiger partial charge in [0.1, 0.15) is 12.1 Å². The molecule has 1 aliphatic carbocycles. The molecule has 130 valence electrons. The summed E-state index contributed by atoms with van der Waals surface area (Å²) in [5.74, 6) is -0.366. The van der Waals surface area contributed by atoms with Crippen molar-refractivity contribution >= 4 is 42.8 Å². The number of carboxylic acid groups (broad SMARTS) is 2. The molecule has 0 amide bonds. The molecule has 3 unspecified atom stereocenters. The molecule has 0 heterocycles. The summed E-state index contributed by atoms with van der Waals surface area (Å²) in [6.07, 6.45) is 2.18. The van der Waals surface area contributed by atoms with E-state index in [9.17, 15) is 14.7 Å². The summed E-state index contributed by atoms with van der Waals surface area (Å²) in [6, 6.07) is -0.876. The van der Waals surface area contributed by atoms with Gasteiger partial charge in [0.25, 0.3) is 0 Å². The molecule has 0 bridgehead atoms. The van der Waals surface area contributed by atoms with Gasteiger partial charge in [0.05, 0.1) is 0 Å². The van der Waals surface area contributed by atoms with Crippen LogP contribution in [0.5, 0.6) is 0 Å². The first-order valence-corrected chi connectivity index (χ1v) is 10.1. The van der Waals surface area contributed by atoms with Gasteiger partial charge in [-0.15, -0.1) is 0 Å². The molecule has 0 saturated heterocycles. The molecule has 1 rings (SSSR count). The minimum atomic E-state index is -0.892. The fourth-order valence-electron chi connectivity index (χ4n) is 1.87. The average molecular weight is 371 g/mol. The van der Waals surface area contributed by atoms with Crippen molar-refractivity contribution in [1.82, 2.24) is 10.6 Å². The third-order valence-electron chi connectivity index (χ3n) is 3.53. The topological polar surface area (TPSA) is 98.7 Å². The van der Waals surface area contributed by atoms with Crippen LogP contribution in [-0.2, 0) is 9.59 Å². The predicted molar refractivity (Wildman–Crippen MR) is 97.2 cm³/mol. The molecule has 0 aromatic carbocycles. The Bertz CT molecular complexity index is 369. The third-order valence-corrected chi connectivity index (χ3v) is 5.95. The van der Waals surface area contributed by atoms with Crippen LogP contribution in [0.15, 0.2) is 0 Å². The quantitative estimate of drug-likeness (QED) is 0.199. The highest BCUT2D eigenvalue weighted by Gasteiger charge is 2.31. The summed E-state index contributed by atoms with van der Waals surface area (Å²) in [6.45, 7) is 3.28. The molecule has 0 radical (unpaired) electrons. The molecule has 1 saturated carbocycles. The van der Waals surface area contributed by atoms with Crippen LogP contribution in [0.1, 0.15) is 21.1 Å². The average Bonchev–Trinajstić information content (AvgIpc) is 2.48. The lowest BCUT2D eigenvalue weighted by Gasteiger charge is -2.36. The van der Waals surface area contributed by atoms with Gasteiger partial charge in [0.2, 0.25) is 0 Å². The first-order chi connectivity index (χ1) is 10.9. The SMILES string of the molecule is CN[C@@H](CSSC[C@@H](NC1CCC1C)C(=O)O)C(=O)O.[3H][CH-]P. The van der Waals surface area contributed by atoms with Crippen molar-refractivity contribution in [3.05, 3.63) is 6.64 Å². The standard InChI is InChI=1S/C12H22N2O4S2.CH4P/c1-7-3-4-8(7)14-10(12(17)18)6-20-19-5-9(13-2)11(15)16;1-2/h7-10,13-14H,3-6H2,1-2H3,(H,15,16)(H,17,18);1-2H2/q;-1/t7?,8?,9-,10+;/m0./s1/i;1T. The van der Waals surface area contributed by atoms with Crippen LogP contribution in [-0.4, -0.2) is 58.8 Å². The van der Waals surface area contributed by atoms with E-state index < -0.39 is 24.0 Å². The smallest absolute Gasteiger partial charge is 0.321 e. The van der Waals surface area contributed by atoms with Crippen LogP contribution in [0.25, 0.3) is 0 Å². The summed E-state index contributed by atoms with van der Waals surface area (Å²) < 4.78 is 6.05. The van der Waals surface area contributed by atoms with Gasteiger partial charge in [-0.2, -0.15) is 0 Å². The number of carboxylic acids is 2. The monoisotopic (exact) mass is 371 g/mol. The van der Waals surface area contributed by atoms with E-state index in [0.29, 0.717) is 23.5 Å². The minimum Gasteiger partial charge on any atom is -0.480 e. The Kier molecular flexibility index (Phi) is 11.3. The minimum absolute atomic E-state index is 0.297.